The van der Waals surface area contributed by atoms with E-state index in [0.29, 0.717) is 9.93 Å². The molecule has 5 heteroatoms. The summed E-state index contributed by atoms with van der Waals surface area (Å²) in [7, 11) is 0. The van der Waals surface area contributed by atoms with Crippen molar-refractivity contribution in [1.82, 2.24) is 4.90 Å². The molecule has 1 aliphatic rings. The van der Waals surface area contributed by atoms with E-state index < -0.39 is 0 Å². The summed E-state index contributed by atoms with van der Waals surface area (Å²) in [5, 5.41) is 0.380. The number of carbonyl (C=O) groups excluding carboxylic acids is 2. The average molecular weight is 344 g/mol. The van der Waals surface area contributed by atoms with Crippen LogP contribution in [0.25, 0.3) is 6.08 Å². The molecule has 0 radical (unpaired) electrons. The van der Waals surface area contributed by atoms with Crippen LogP contribution in [0, 0.1) is 6.92 Å². The van der Waals surface area contributed by atoms with E-state index in [1.807, 2.05) is 43.3 Å². The van der Waals surface area contributed by atoms with Gasteiger partial charge in [-0.2, -0.15) is 0 Å². The minimum absolute atomic E-state index is 0.247. The highest BCUT2D eigenvalue weighted by Gasteiger charge is 2.34. The standard InChI is InChI=1S/C18H14ClNO2S/c1-12-2-4-13(5-3-12)10-16-17(21)20(18(22)23-16)11-14-6-8-15(19)9-7-14/h2-10H,11H2,1H3. The Bertz CT molecular complexity index is 782. The number of amides is 2. The van der Waals surface area contributed by atoms with Gasteiger partial charge in [-0.25, -0.2) is 0 Å². The van der Waals surface area contributed by atoms with E-state index in [1.54, 1.807) is 18.2 Å². The zero-order valence-corrected chi connectivity index (χ0v) is 14.0. The molecular formula is C18H14ClNO2S. The lowest BCUT2D eigenvalue weighted by Crippen LogP contribution is -2.27. The van der Waals surface area contributed by atoms with Gasteiger partial charge in [0, 0.05) is 5.02 Å². The van der Waals surface area contributed by atoms with Gasteiger partial charge in [0.25, 0.3) is 11.1 Å². The van der Waals surface area contributed by atoms with Gasteiger partial charge in [0.05, 0.1) is 11.4 Å². The van der Waals surface area contributed by atoms with E-state index in [4.69, 9.17) is 11.6 Å². The van der Waals surface area contributed by atoms with E-state index in [-0.39, 0.29) is 17.7 Å². The van der Waals surface area contributed by atoms with Crippen molar-refractivity contribution in [3.05, 3.63) is 75.1 Å². The molecule has 1 aliphatic heterocycles. The van der Waals surface area contributed by atoms with Crippen LogP contribution in [0.4, 0.5) is 4.79 Å². The molecule has 0 unspecified atom stereocenters. The molecule has 0 N–H and O–H groups in total. The summed E-state index contributed by atoms with van der Waals surface area (Å²) in [6.07, 6.45) is 1.76. The van der Waals surface area contributed by atoms with Crippen molar-refractivity contribution in [2.75, 3.05) is 0 Å². The first-order chi connectivity index (χ1) is 11.0. The highest BCUT2D eigenvalue weighted by atomic mass is 35.5. The number of hydrogen-bond acceptors (Lipinski definition) is 3. The maximum atomic E-state index is 12.4. The van der Waals surface area contributed by atoms with Crippen LogP contribution in [0.1, 0.15) is 16.7 Å². The van der Waals surface area contributed by atoms with Crippen LogP contribution in [0.15, 0.2) is 53.4 Å². The molecule has 0 spiro atoms. The monoisotopic (exact) mass is 343 g/mol. The molecule has 2 aromatic carbocycles. The predicted octanol–water partition coefficient (Wildman–Crippen LogP) is 4.88. The van der Waals surface area contributed by atoms with Gasteiger partial charge in [-0.15, -0.1) is 0 Å². The first kappa shape index (κ1) is 15.8. The van der Waals surface area contributed by atoms with E-state index in [0.717, 1.165) is 28.5 Å². The second-order valence-corrected chi connectivity index (χ2v) is 6.73. The van der Waals surface area contributed by atoms with Crippen LogP contribution in [-0.4, -0.2) is 16.0 Å². The number of carbonyl (C=O) groups is 2. The Morgan fingerprint density at radius 2 is 1.70 bits per heavy atom. The number of thioether (sulfide) groups is 1. The molecule has 3 nitrogen and oxygen atoms in total. The van der Waals surface area contributed by atoms with Gasteiger partial charge in [0.2, 0.25) is 0 Å². The highest BCUT2D eigenvalue weighted by Crippen LogP contribution is 2.33. The SMILES string of the molecule is Cc1ccc(C=C2SC(=O)N(Cc3ccc(Cl)cc3)C2=O)cc1. The van der Waals surface area contributed by atoms with Crippen LogP contribution < -0.4 is 0 Å². The lowest BCUT2D eigenvalue weighted by Gasteiger charge is -2.12. The third kappa shape index (κ3) is 3.66. The molecule has 3 rings (SSSR count). The van der Waals surface area contributed by atoms with Crippen molar-refractivity contribution in [3.63, 3.8) is 0 Å². The smallest absolute Gasteiger partial charge is 0.268 e. The summed E-state index contributed by atoms with van der Waals surface area (Å²) in [6.45, 7) is 2.26. The van der Waals surface area contributed by atoms with Crippen LogP contribution in [0.3, 0.4) is 0 Å². The lowest BCUT2D eigenvalue weighted by molar-refractivity contribution is -0.123. The third-order valence-corrected chi connectivity index (χ3v) is 4.66. The summed E-state index contributed by atoms with van der Waals surface area (Å²) in [4.78, 5) is 26.3. The van der Waals surface area contributed by atoms with Crippen molar-refractivity contribution >= 4 is 40.6 Å². The number of rotatable bonds is 3. The molecule has 116 valence electrons. The van der Waals surface area contributed by atoms with E-state index in [2.05, 4.69) is 0 Å². The first-order valence-corrected chi connectivity index (χ1v) is 8.29. The van der Waals surface area contributed by atoms with Gasteiger partial charge in [0.15, 0.2) is 0 Å². The minimum atomic E-state index is -0.254. The molecule has 0 bridgehead atoms. The molecular weight excluding hydrogens is 330 g/mol. The molecule has 0 aromatic heterocycles. The van der Waals surface area contributed by atoms with Gasteiger partial charge in [-0.05, 0) is 48.0 Å². The number of halogens is 1. The summed E-state index contributed by atoms with van der Waals surface area (Å²) < 4.78 is 0. The fourth-order valence-corrected chi connectivity index (χ4v) is 3.19. The fourth-order valence-electron chi connectivity index (χ4n) is 2.22. The van der Waals surface area contributed by atoms with Crippen LogP contribution in [0.5, 0.6) is 0 Å². The van der Waals surface area contributed by atoms with Gasteiger partial charge in [0.1, 0.15) is 0 Å². The average Bonchev–Trinajstić information content (AvgIpc) is 2.79. The number of hydrogen-bond donors (Lipinski definition) is 0. The quantitative estimate of drug-likeness (QED) is 0.745. The van der Waals surface area contributed by atoms with Gasteiger partial charge >= 0.3 is 0 Å². The summed E-state index contributed by atoms with van der Waals surface area (Å²) in [6, 6.07) is 14.9. The molecule has 1 fully saturated rings. The Balaban J connectivity index is 1.79. The van der Waals surface area contributed by atoms with Gasteiger partial charge < -0.3 is 0 Å². The largest absolute Gasteiger partial charge is 0.293 e. The molecule has 0 aliphatic carbocycles. The molecule has 1 saturated heterocycles. The van der Waals surface area contributed by atoms with Crippen molar-refractivity contribution < 1.29 is 9.59 Å². The van der Waals surface area contributed by atoms with Crippen molar-refractivity contribution in [2.24, 2.45) is 0 Å². The molecule has 0 atom stereocenters. The molecule has 2 aromatic rings. The topological polar surface area (TPSA) is 37.4 Å². The second-order valence-electron chi connectivity index (χ2n) is 5.31. The molecule has 0 saturated carbocycles. The number of nitrogens with zero attached hydrogens (tertiary/aromatic N) is 1. The van der Waals surface area contributed by atoms with Crippen LogP contribution in [0.2, 0.25) is 5.02 Å². The Labute approximate surface area is 143 Å². The first-order valence-electron chi connectivity index (χ1n) is 7.09. The normalized spacial score (nSPS) is 16.4. The summed E-state index contributed by atoms with van der Waals surface area (Å²) in [5.41, 5.74) is 2.93. The van der Waals surface area contributed by atoms with Crippen molar-refractivity contribution in [1.29, 1.82) is 0 Å². The Kier molecular flexibility index (Phi) is 4.55. The van der Waals surface area contributed by atoms with E-state index >= 15 is 0 Å². The fraction of sp³-hybridized carbons (Fsp3) is 0.111. The maximum absolute atomic E-state index is 12.4. The molecule has 2 amide bonds. The zero-order valence-electron chi connectivity index (χ0n) is 12.5. The second kappa shape index (κ2) is 6.60. The van der Waals surface area contributed by atoms with Crippen molar-refractivity contribution in [2.45, 2.75) is 13.5 Å². The third-order valence-electron chi connectivity index (χ3n) is 3.50. The van der Waals surface area contributed by atoms with Gasteiger partial charge in [-0.1, -0.05) is 53.6 Å². The minimum Gasteiger partial charge on any atom is -0.268 e. The van der Waals surface area contributed by atoms with Crippen LogP contribution in [-0.2, 0) is 11.3 Å². The van der Waals surface area contributed by atoms with E-state index in [9.17, 15) is 9.59 Å². The van der Waals surface area contributed by atoms with Gasteiger partial charge in [-0.3, -0.25) is 14.5 Å². The van der Waals surface area contributed by atoms with Crippen LogP contribution >= 0.6 is 23.4 Å². The molecule has 1 heterocycles. The van der Waals surface area contributed by atoms with Crippen molar-refractivity contribution in [3.8, 4) is 0 Å². The Morgan fingerprint density at radius 3 is 2.35 bits per heavy atom. The Hall–Kier alpha value is -2.04. The Morgan fingerprint density at radius 1 is 1.04 bits per heavy atom. The summed E-state index contributed by atoms with van der Waals surface area (Å²) >= 11 is 6.83. The lowest BCUT2D eigenvalue weighted by atomic mass is 10.1. The van der Waals surface area contributed by atoms with E-state index in [1.165, 1.54) is 4.90 Å². The summed E-state index contributed by atoms with van der Waals surface area (Å²) in [5.74, 6) is -0.254. The predicted molar refractivity (Wildman–Crippen MR) is 94.1 cm³/mol. The number of aryl methyl sites for hydroxylation is 1. The number of imide groups is 1. The maximum Gasteiger partial charge on any atom is 0.293 e. The number of benzene rings is 2. The zero-order chi connectivity index (χ0) is 16.4. The molecule has 23 heavy (non-hydrogen) atoms. The highest BCUT2D eigenvalue weighted by molar-refractivity contribution is 8.18.